The largest absolute Gasteiger partial charge is 0.409 e. The number of nitrogens with one attached hydrogen (secondary N) is 1. The van der Waals surface area contributed by atoms with Gasteiger partial charge >= 0.3 is 0 Å². The van der Waals surface area contributed by atoms with E-state index in [1.807, 2.05) is 0 Å². The molecule has 0 radical (unpaired) electrons. The zero-order chi connectivity index (χ0) is 13.9. The molecule has 0 saturated heterocycles. The van der Waals surface area contributed by atoms with E-state index in [1.54, 1.807) is 12.1 Å². The second-order valence-corrected chi connectivity index (χ2v) is 5.10. The van der Waals surface area contributed by atoms with Gasteiger partial charge < -0.3 is 16.3 Å². The number of halogens is 1. The molecule has 5 heteroatoms. The number of amidine groups is 1. The third-order valence-corrected chi connectivity index (χ3v) is 4.10. The molecule has 1 saturated carbocycles. The molecule has 104 valence electrons. The minimum absolute atomic E-state index is 0.140. The lowest BCUT2D eigenvalue weighted by atomic mass is 9.75. The molecule has 1 aromatic rings. The zero-order valence-electron chi connectivity index (χ0n) is 11.1. The van der Waals surface area contributed by atoms with Crippen molar-refractivity contribution < 1.29 is 9.60 Å². The molecule has 0 spiro atoms. The molecule has 0 amide bonds. The molecule has 4 nitrogen and oxygen atoms in total. The van der Waals surface area contributed by atoms with Crippen molar-refractivity contribution in [3.05, 3.63) is 35.1 Å². The Kier molecular flexibility index (Phi) is 4.04. The van der Waals surface area contributed by atoms with Gasteiger partial charge in [0, 0.05) is 17.6 Å². The van der Waals surface area contributed by atoms with Crippen LogP contribution in [0.4, 0.5) is 4.39 Å². The lowest BCUT2D eigenvalue weighted by Gasteiger charge is -2.42. The Bertz CT molecular complexity index is 478. The molecule has 0 heterocycles. The van der Waals surface area contributed by atoms with Crippen LogP contribution in [0.15, 0.2) is 23.4 Å². The molecule has 4 N–H and O–H groups in total. The Hall–Kier alpha value is -1.62. The Morgan fingerprint density at radius 3 is 2.79 bits per heavy atom. The lowest BCUT2D eigenvalue weighted by molar-refractivity contribution is 0.175. The number of hydrogen-bond donors (Lipinski definition) is 3. The van der Waals surface area contributed by atoms with Crippen LogP contribution in [0, 0.1) is 5.82 Å². The van der Waals surface area contributed by atoms with Crippen LogP contribution in [0.25, 0.3) is 0 Å². The SMILES string of the molecule is CCC1(NCc2cccc(/C(N)=N/O)c2F)CCC1. The van der Waals surface area contributed by atoms with Gasteiger partial charge in [-0.05, 0) is 31.7 Å². The van der Waals surface area contributed by atoms with Crippen molar-refractivity contribution in [2.45, 2.75) is 44.7 Å². The Morgan fingerprint density at radius 1 is 1.53 bits per heavy atom. The van der Waals surface area contributed by atoms with Crippen molar-refractivity contribution in [2.75, 3.05) is 0 Å². The van der Waals surface area contributed by atoms with Crippen LogP contribution in [-0.4, -0.2) is 16.6 Å². The highest BCUT2D eigenvalue weighted by Crippen LogP contribution is 2.35. The van der Waals surface area contributed by atoms with Crippen LogP contribution in [0.1, 0.15) is 43.7 Å². The summed E-state index contributed by atoms with van der Waals surface area (Å²) in [6.07, 6.45) is 4.57. The minimum atomic E-state index is -0.420. The van der Waals surface area contributed by atoms with Crippen molar-refractivity contribution in [2.24, 2.45) is 10.9 Å². The van der Waals surface area contributed by atoms with Crippen LogP contribution in [0.5, 0.6) is 0 Å². The molecule has 1 aromatic carbocycles. The molecule has 0 aliphatic heterocycles. The summed E-state index contributed by atoms with van der Waals surface area (Å²) in [5.74, 6) is -0.621. The van der Waals surface area contributed by atoms with E-state index in [1.165, 1.54) is 12.5 Å². The summed E-state index contributed by atoms with van der Waals surface area (Å²) in [5.41, 5.74) is 6.30. The van der Waals surface area contributed by atoms with Crippen LogP contribution in [0.2, 0.25) is 0 Å². The number of nitrogens with two attached hydrogens (primary N) is 1. The molecule has 0 bridgehead atoms. The first-order valence-corrected chi connectivity index (χ1v) is 6.62. The van der Waals surface area contributed by atoms with E-state index in [-0.39, 0.29) is 16.9 Å². The van der Waals surface area contributed by atoms with Gasteiger partial charge in [0.15, 0.2) is 5.84 Å². The van der Waals surface area contributed by atoms with Crippen molar-refractivity contribution >= 4 is 5.84 Å². The quantitative estimate of drug-likeness (QED) is 0.331. The molecule has 0 unspecified atom stereocenters. The Balaban J connectivity index is 2.13. The summed E-state index contributed by atoms with van der Waals surface area (Å²) >= 11 is 0. The Morgan fingerprint density at radius 2 is 2.26 bits per heavy atom. The Labute approximate surface area is 112 Å². The van der Waals surface area contributed by atoms with E-state index in [4.69, 9.17) is 10.9 Å². The third kappa shape index (κ3) is 2.71. The van der Waals surface area contributed by atoms with Gasteiger partial charge in [0.25, 0.3) is 0 Å². The first kappa shape index (κ1) is 13.8. The molecule has 19 heavy (non-hydrogen) atoms. The van der Waals surface area contributed by atoms with Crippen molar-refractivity contribution in [3.8, 4) is 0 Å². The average Bonchev–Trinajstić information content (AvgIpc) is 2.39. The van der Waals surface area contributed by atoms with E-state index < -0.39 is 5.82 Å². The van der Waals surface area contributed by atoms with E-state index in [9.17, 15) is 4.39 Å². The maximum atomic E-state index is 14.2. The summed E-state index contributed by atoms with van der Waals surface area (Å²) < 4.78 is 14.2. The smallest absolute Gasteiger partial charge is 0.173 e. The molecule has 1 aliphatic carbocycles. The fourth-order valence-electron chi connectivity index (χ4n) is 2.51. The third-order valence-electron chi connectivity index (χ3n) is 4.10. The molecule has 0 atom stereocenters. The number of oxime groups is 1. The maximum absolute atomic E-state index is 14.2. The maximum Gasteiger partial charge on any atom is 0.173 e. The first-order valence-electron chi connectivity index (χ1n) is 6.62. The van der Waals surface area contributed by atoms with Crippen LogP contribution < -0.4 is 11.1 Å². The fraction of sp³-hybridized carbons (Fsp3) is 0.500. The van der Waals surface area contributed by atoms with Gasteiger partial charge in [0.1, 0.15) is 5.82 Å². The standard InChI is InChI=1S/C14H20FN3O/c1-2-14(7-4-8-14)17-9-10-5-3-6-11(12(10)15)13(16)18-19/h3,5-6,17,19H,2,4,7-9H2,1H3,(H2,16,18). The van der Waals surface area contributed by atoms with Gasteiger partial charge in [-0.3, -0.25) is 0 Å². The van der Waals surface area contributed by atoms with Gasteiger partial charge in [-0.15, -0.1) is 0 Å². The second kappa shape index (κ2) is 5.57. The van der Waals surface area contributed by atoms with Crippen LogP contribution >= 0.6 is 0 Å². The van der Waals surface area contributed by atoms with E-state index >= 15 is 0 Å². The molecule has 2 rings (SSSR count). The molecular formula is C14H20FN3O. The fourth-order valence-corrected chi connectivity index (χ4v) is 2.51. The predicted molar refractivity (Wildman–Crippen MR) is 72.6 cm³/mol. The number of nitrogens with zero attached hydrogens (tertiary/aromatic N) is 1. The highest BCUT2D eigenvalue weighted by atomic mass is 19.1. The second-order valence-electron chi connectivity index (χ2n) is 5.10. The molecule has 1 aliphatic rings. The van der Waals surface area contributed by atoms with E-state index in [0.29, 0.717) is 12.1 Å². The monoisotopic (exact) mass is 265 g/mol. The van der Waals surface area contributed by atoms with Crippen molar-refractivity contribution in [1.82, 2.24) is 5.32 Å². The van der Waals surface area contributed by atoms with Gasteiger partial charge in [-0.2, -0.15) is 0 Å². The lowest BCUT2D eigenvalue weighted by Crippen LogP contribution is -2.50. The van der Waals surface area contributed by atoms with Gasteiger partial charge in [0.2, 0.25) is 0 Å². The minimum Gasteiger partial charge on any atom is -0.409 e. The van der Waals surface area contributed by atoms with Gasteiger partial charge in [-0.25, -0.2) is 4.39 Å². The molecular weight excluding hydrogens is 245 g/mol. The normalized spacial score (nSPS) is 18.1. The van der Waals surface area contributed by atoms with Crippen LogP contribution in [-0.2, 0) is 6.54 Å². The van der Waals surface area contributed by atoms with E-state index in [2.05, 4.69) is 17.4 Å². The number of benzene rings is 1. The van der Waals surface area contributed by atoms with Gasteiger partial charge in [0.05, 0.1) is 5.56 Å². The predicted octanol–water partition coefficient (Wildman–Crippen LogP) is 2.34. The zero-order valence-corrected chi connectivity index (χ0v) is 11.1. The molecule has 1 fully saturated rings. The molecule has 0 aromatic heterocycles. The first-order chi connectivity index (χ1) is 9.12. The van der Waals surface area contributed by atoms with Gasteiger partial charge in [-0.1, -0.05) is 24.2 Å². The number of hydrogen-bond acceptors (Lipinski definition) is 3. The van der Waals surface area contributed by atoms with Crippen LogP contribution in [0.3, 0.4) is 0 Å². The van der Waals surface area contributed by atoms with Crippen molar-refractivity contribution in [1.29, 1.82) is 0 Å². The summed E-state index contributed by atoms with van der Waals surface area (Å²) in [7, 11) is 0. The van der Waals surface area contributed by atoms with E-state index in [0.717, 1.165) is 19.3 Å². The summed E-state index contributed by atoms with van der Waals surface area (Å²) in [6, 6.07) is 4.94. The summed E-state index contributed by atoms with van der Waals surface area (Å²) in [6.45, 7) is 2.61. The average molecular weight is 265 g/mol. The summed E-state index contributed by atoms with van der Waals surface area (Å²) in [5, 5.41) is 14.9. The summed E-state index contributed by atoms with van der Waals surface area (Å²) in [4.78, 5) is 0. The highest BCUT2D eigenvalue weighted by Gasteiger charge is 2.34. The highest BCUT2D eigenvalue weighted by molar-refractivity contribution is 5.97. The van der Waals surface area contributed by atoms with Crippen molar-refractivity contribution in [3.63, 3.8) is 0 Å². The topological polar surface area (TPSA) is 70.6 Å². The number of rotatable bonds is 5.